The molecule has 0 aromatic carbocycles. The van der Waals surface area contributed by atoms with Crippen LogP contribution in [0.1, 0.15) is 138 Å². The molecule has 17 heteroatoms. The lowest BCUT2D eigenvalue weighted by Crippen LogP contribution is -2.61. The highest BCUT2D eigenvalue weighted by Gasteiger charge is 2.53. The van der Waals surface area contributed by atoms with Crippen LogP contribution < -0.4 is 0 Å². The number of carbonyl (C=O) groups is 6. The number of aliphatic hydroxyl groups is 3. The summed E-state index contributed by atoms with van der Waals surface area (Å²) in [5, 5.41) is 33.5. The van der Waals surface area contributed by atoms with E-state index in [-0.39, 0.29) is 48.4 Å². The van der Waals surface area contributed by atoms with Crippen LogP contribution in [0.3, 0.4) is 0 Å². The highest BCUT2D eigenvalue weighted by atomic mass is 16.6. The Kier molecular flexibility index (Phi) is 23.3. The second-order valence-corrected chi connectivity index (χ2v) is 22.2. The van der Waals surface area contributed by atoms with E-state index in [0.29, 0.717) is 90.1 Å². The van der Waals surface area contributed by atoms with Gasteiger partial charge in [-0.3, -0.25) is 19.2 Å². The van der Waals surface area contributed by atoms with Gasteiger partial charge in [-0.1, -0.05) is 71.1 Å². The number of ketones is 3. The summed E-state index contributed by atoms with van der Waals surface area (Å²) < 4.78 is 35.8. The van der Waals surface area contributed by atoms with Gasteiger partial charge in [0.2, 0.25) is 5.79 Å². The van der Waals surface area contributed by atoms with Crippen molar-refractivity contribution in [2.24, 2.45) is 35.5 Å². The van der Waals surface area contributed by atoms with Crippen molar-refractivity contribution >= 4 is 35.3 Å². The SMILES string of the molecule is CO[C@H]1C[C@@H]2CC[C@@H](C)[C@@](O)(O2)C(=O)C(=O)N2CCCC[C@H]2C(=O)O[C@H]([C@H](C)C[C@@H]2CC[C@@H](OC(=O)N3CCC(O)CC3)[C@H](OC)C2)CC(=O)C(C)=CC(C)[C@@H](O)[C@@H](OC)C(=O)[C@H](C)C[C@H](C)C=CC=CC=C1C. The predicted molar refractivity (Wildman–Crippen MR) is 276 cm³/mol. The standard InChI is InChI=1S/C57H88N2O15/c1-34-16-12-11-13-17-35(2)47(69-8)32-43-21-19-40(7)57(68,74-43)53(64)54(65)59-25-15-14-18-44(59)55(66)72-48(33-45(61)36(3)29-39(6)51(63)52(71-10)50(62)38(5)28-34)37(4)30-41-20-22-46(49(31-41)70-9)73-56(67)58-26-23-42(60)24-27-58/h11-13,16-17,29,34,37-44,46-49,51-52,60,63,68H,14-15,18-28,30-33H2,1-10H3/t34-,37-,38-,39?,40-,41+,43+,44+,46-,47+,48+,49-,51-,52+,57-/m1/s1. The number of cyclic esters (lactones) is 1. The van der Waals surface area contributed by atoms with Gasteiger partial charge >= 0.3 is 12.1 Å². The van der Waals surface area contributed by atoms with Crippen LogP contribution in [-0.4, -0.2) is 162 Å². The molecule has 1 saturated carbocycles. The van der Waals surface area contributed by atoms with Crippen LogP contribution in [0.4, 0.5) is 4.79 Å². The first kappa shape index (κ1) is 60.8. The largest absolute Gasteiger partial charge is 0.460 e. The summed E-state index contributed by atoms with van der Waals surface area (Å²) in [4.78, 5) is 87.3. The number of ether oxygens (including phenoxy) is 6. The normalized spacial score (nSPS) is 36.1. The Labute approximate surface area is 439 Å². The maximum absolute atomic E-state index is 14.6. The molecular formula is C57H88N2O15. The minimum Gasteiger partial charge on any atom is -0.460 e. The summed E-state index contributed by atoms with van der Waals surface area (Å²) >= 11 is 0. The molecule has 1 unspecified atom stereocenters. The number of hydrogen-bond acceptors (Lipinski definition) is 15. The van der Waals surface area contributed by atoms with E-state index in [1.165, 1.54) is 12.0 Å². The van der Waals surface area contributed by atoms with Crippen LogP contribution in [-0.2, 0) is 52.4 Å². The molecule has 0 radical (unpaired) electrons. The quantitative estimate of drug-likeness (QED) is 0.177. The molecule has 5 aliphatic rings. The fraction of sp³-hybridized carbons (Fsp3) is 0.754. The predicted octanol–water partition coefficient (Wildman–Crippen LogP) is 6.78. The van der Waals surface area contributed by atoms with Gasteiger partial charge in [0.25, 0.3) is 11.7 Å². The number of hydrogen-bond donors (Lipinski definition) is 3. The summed E-state index contributed by atoms with van der Waals surface area (Å²) in [6, 6.07) is -1.18. The molecule has 5 rings (SSSR count). The van der Waals surface area contributed by atoms with Crippen LogP contribution in [0.25, 0.3) is 0 Å². The maximum Gasteiger partial charge on any atom is 0.410 e. The molecule has 0 spiro atoms. The number of fused-ring (bicyclic) bond motifs is 3. The smallest absolute Gasteiger partial charge is 0.410 e. The molecule has 4 aliphatic heterocycles. The van der Waals surface area contributed by atoms with E-state index in [9.17, 15) is 44.1 Å². The summed E-state index contributed by atoms with van der Waals surface area (Å²) in [6.07, 6.45) is 10.8. The number of amides is 2. The third-order valence-corrected chi connectivity index (χ3v) is 16.4. The number of aliphatic hydroxyl groups excluding tert-OH is 2. The van der Waals surface area contributed by atoms with Crippen molar-refractivity contribution in [3.63, 3.8) is 0 Å². The number of Topliss-reactive ketones (excluding diaryl/α,β-unsaturated/α-hetero) is 3. The Balaban J connectivity index is 1.43. The van der Waals surface area contributed by atoms with Crippen LogP contribution >= 0.6 is 0 Å². The summed E-state index contributed by atoms with van der Waals surface area (Å²) in [5.41, 5.74) is 1.16. The Morgan fingerprint density at radius 1 is 0.824 bits per heavy atom. The lowest BCUT2D eigenvalue weighted by Gasteiger charge is -2.42. The van der Waals surface area contributed by atoms with Crippen molar-refractivity contribution < 1.29 is 72.5 Å². The Morgan fingerprint density at radius 3 is 2.22 bits per heavy atom. The number of methoxy groups -OCH3 is 3. The zero-order valence-corrected chi connectivity index (χ0v) is 45.8. The first-order chi connectivity index (χ1) is 35.1. The first-order valence-electron chi connectivity index (χ1n) is 27.2. The Hall–Kier alpha value is -4.10. The monoisotopic (exact) mass is 1040 g/mol. The first-order valence-corrected chi connectivity index (χ1v) is 27.2. The van der Waals surface area contributed by atoms with E-state index in [1.54, 1.807) is 46.0 Å². The molecule has 416 valence electrons. The zero-order chi connectivity index (χ0) is 54.4. The van der Waals surface area contributed by atoms with Crippen molar-refractivity contribution in [3.05, 3.63) is 47.6 Å². The molecule has 0 aromatic heterocycles. The van der Waals surface area contributed by atoms with E-state index in [1.807, 2.05) is 58.1 Å². The summed E-state index contributed by atoms with van der Waals surface area (Å²) in [6.45, 7) is 13.5. The van der Waals surface area contributed by atoms with Gasteiger partial charge in [0.1, 0.15) is 24.4 Å². The van der Waals surface area contributed by atoms with Gasteiger partial charge in [-0.25, -0.2) is 9.59 Å². The molecule has 17 nitrogen and oxygen atoms in total. The topological polar surface area (TPSA) is 225 Å². The van der Waals surface area contributed by atoms with Gasteiger partial charge < -0.3 is 53.5 Å². The minimum absolute atomic E-state index is 0.00494. The van der Waals surface area contributed by atoms with Gasteiger partial charge in [-0.2, -0.15) is 0 Å². The van der Waals surface area contributed by atoms with E-state index in [0.717, 1.165) is 5.57 Å². The van der Waals surface area contributed by atoms with Crippen LogP contribution in [0, 0.1) is 35.5 Å². The molecule has 3 saturated heterocycles. The fourth-order valence-corrected chi connectivity index (χ4v) is 11.5. The lowest BCUT2D eigenvalue weighted by molar-refractivity contribution is -0.265. The Bertz CT molecular complexity index is 2040. The molecule has 4 heterocycles. The molecular weight excluding hydrogens is 953 g/mol. The molecule has 1 aliphatic carbocycles. The van der Waals surface area contributed by atoms with E-state index >= 15 is 0 Å². The number of piperidine rings is 2. The molecule has 2 bridgehead atoms. The van der Waals surface area contributed by atoms with Gasteiger partial charge in [-0.15, -0.1) is 0 Å². The number of carbonyl (C=O) groups excluding carboxylic acids is 6. The average molecular weight is 1040 g/mol. The summed E-state index contributed by atoms with van der Waals surface area (Å²) in [7, 11) is 4.53. The van der Waals surface area contributed by atoms with Crippen LogP contribution in [0.15, 0.2) is 47.6 Å². The molecule has 0 aromatic rings. The third kappa shape index (κ3) is 16.0. The highest BCUT2D eigenvalue weighted by Crippen LogP contribution is 2.38. The molecule has 15 atom stereocenters. The average Bonchev–Trinajstić information content (AvgIpc) is 3.38. The van der Waals surface area contributed by atoms with Crippen LogP contribution in [0.2, 0.25) is 0 Å². The van der Waals surface area contributed by atoms with Gasteiger partial charge in [-0.05, 0) is 120 Å². The number of rotatable bonds is 7. The van der Waals surface area contributed by atoms with Crippen molar-refractivity contribution in [1.29, 1.82) is 0 Å². The molecule has 3 N–H and O–H groups in total. The fourth-order valence-electron chi connectivity index (χ4n) is 11.5. The van der Waals surface area contributed by atoms with Gasteiger partial charge in [0, 0.05) is 71.6 Å². The van der Waals surface area contributed by atoms with Crippen molar-refractivity contribution in [1.82, 2.24) is 9.80 Å². The number of allylic oxidation sites excluding steroid dienone is 6. The lowest BCUT2D eigenvalue weighted by atomic mass is 9.78. The molecule has 4 fully saturated rings. The molecule has 2 amide bonds. The third-order valence-electron chi connectivity index (χ3n) is 16.4. The second-order valence-electron chi connectivity index (χ2n) is 22.2. The summed E-state index contributed by atoms with van der Waals surface area (Å²) in [5.74, 6) is -8.31. The number of nitrogens with zero attached hydrogens (tertiary/aromatic N) is 2. The van der Waals surface area contributed by atoms with Crippen molar-refractivity contribution in [3.8, 4) is 0 Å². The number of esters is 1. The van der Waals surface area contributed by atoms with Gasteiger partial charge in [0.15, 0.2) is 11.6 Å². The zero-order valence-electron chi connectivity index (χ0n) is 45.8. The molecule has 74 heavy (non-hydrogen) atoms. The number of likely N-dealkylation sites (tertiary alicyclic amines) is 1. The van der Waals surface area contributed by atoms with Crippen molar-refractivity contribution in [2.75, 3.05) is 41.0 Å². The maximum atomic E-state index is 14.6. The Morgan fingerprint density at radius 2 is 1.54 bits per heavy atom. The second kappa shape index (κ2) is 28.3. The van der Waals surface area contributed by atoms with E-state index in [2.05, 4.69) is 0 Å². The highest BCUT2D eigenvalue weighted by molar-refractivity contribution is 6.39. The van der Waals surface area contributed by atoms with E-state index < -0.39 is 108 Å². The van der Waals surface area contributed by atoms with E-state index in [4.69, 9.17) is 28.4 Å². The van der Waals surface area contributed by atoms with Gasteiger partial charge in [0.05, 0.1) is 30.5 Å². The van der Waals surface area contributed by atoms with Crippen LogP contribution in [0.5, 0.6) is 0 Å². The minimum atomic E-state index is -2.46. The van der Waals surface area contributed by atoms with Crippen molar-refractivity contribution in [2.45, 2.75) is 199 Å².